The number of ether oxygens (including phenoxy) is 2. The number of rotatable bonds is 6. The molecule has 0 aromatic heterocycles. The Morgan fingerprint density at radius 1 is 1.27 bits per heavy atom. The standard InChI is InChI=1S/C27H30F3N3O4/c1-15-10-17(13-31-23(11-15)26(29)30)12-18-6-7-22(32-25-19(18)4-3-5-20(25)28)27(35)33-21-8-9-36-14-24(21)37-16(2)34/h3-6,13,15,21,24,26H,7-12,14H2,1-2H3,(H,33,35). The molecule has 0 bridgehead atoms. The van der Waals surface area contributed by atoms with Crippen molar-refractivity contribution in [1.82, 2.24) is 5.32 Å². The Kier molecular flexibility index (Phi) is 8.58. The molecule has 3 aliphatic rings. The van der Waals surface area contributed by atoms with Gasteiger partial charge in [0.1, 0.15) is 23.3 Å². The fourth-order valence-corrected chi connectivity index (χ4v) is 4.83. The zero-order chi connectivity index (χ0) is 26.5. The van der Waals surface area contributed by atoms with Gasteiger partial charge in [-0.15, -0.1) is 0 Å². The van der Waals surface area contributed by atoms with E-state index < -0.39 is 36.3 Å². The summed E-state index contributed by atoms with van der Waals surface area (Å²) in [5.74, 6) is -1.54. The van der Waals surface area contributed by atoms with Gasteiger partial charge in [0, 0.05) is 31.7 Å². The number of carbonyl (C=O) groups is 2. The third-order valence-electron chi connectivity index (χ3n) is 6.57. The Balaban J connectivity index is 1.58. The van der Waals surface area contributed by atoms with Gasteiger partial charge in [-0.25, -0.2) is 18.2 Å². The smallest absolute Gasteiger partial charge is 0.303 e. The van der Waals surface area contributed by atoms with Crippen molar-refractivity contribution in [2.45, 2.75) is 64.5 Å². The van der Waals surface area contributed by atoms with Crippen LogP contribution in [0.5, 0.6) is 0 Å². The number of allylic oxidation sites excluding steroid dienone is 3. The van der Waals surface area contributed by atoms with Gasteiger partial charge < -0.3 is 14.8 Å². The molecule has 37 heavy (non-hydrogen) atoms. The van der Waals surface area contributed by atoms with Crippen molar-refractivity contribution in [3.05, 3.63) is 47.4 Å². The predicted octanol–water partition coefficient (Wildman–Crippen LogP) is 4.93. The van der Waals surface area contributed by atoms with Crippen LogP contribution in [0.2, 0.25) is 0 Å². The fraction of sp³-hybridized carbons (Fsp3) is 0.481. The van der Waals surface area contributed by atoms with Gasteiger partial charge >= 0.3 is 5.97 Å². The molecular weight excluding hydrogens is 487 g/mol. The normalized spacial score (nSPS) is 24.0. The number of halogens is 3. The second-order valence-corrected chi connectivity index (χ2v) is 9.62. The summed E-state index contributed by atoms with van der Waals surface area (Å²) in [7, 11) is 0. The van der Waals surface area contributed by atoms with Crippen LogP contribution in [-0.4, -0.2) is 55.1 Å². The summed E-state index contributed by atoms with van der Waals surface area (Å²) >= 11 is 0. The lowest BCUT2D eigenvalue weighted by atomic mass is 9.90. The molecule has 0 saturated carbocycles. The second-order valence-electron chi connectivity index (χ2n) is 9.62. The Morgan fingerprint density at radius 3 is 2.84 bits per heavy atom. The fourth-order valence-electron chi connectivity index (χ4n) is 4.83. The molecule has 3 unspecified atom stereocenters. The summed E-state index contributed by atoms with van der Waals surface area (Å²) in [4.78, 5) is 33.0. The third kappa shape index (κ3) is 6.74. The van der Waals surface area contributed by atoms with Crippen molar-refractivity contribution in [3.63, 3.8) is 0 Å². The number of para-hydroxylation sites is 1. The van der Waals surface area contributed by atoms with E-state index in [2.05, 4.69) is 15.3 Å². The van der Waals surface area contributed by atoms with Crippen LogP contribution < -0.4 is 5.32 Å². The van der Waals surface area contributed by atoms with E-state index in [0.717, 1.165) is 11.1 Å². The van der Waals surface area contributed by atoms with Crippen LogP contribution in [0.15, 0.2) is 46.0 Å². The molecule has 7 nitrogen and oxygen atoms in total. The minimum atomic E-state index is -2.60. The summed E-state index contributed by atoms with van der Waals surface area (Å²) in [5, 5.41) is 2.87. The molecule has 10 heteroatoms. The molecule has 1 N–H and O–H groups in total. The number of fused-ring (bicyclic) bond motifs is 1. The Bertz CT molecular complexity index is 1180. The van der Waals surface area contributed by atoms with Gasteiger partial charge in [-0.05, 0) is 48.8 Å². The van der Waals surface area contributed by atoms with Crippen LogP contribution in [0.25, 0.3) is 5.57 Å². The summed E-state index contributed by atoms with van der Waals surface area (Å²) in [6.07, 6.45) is 1.86. The van der Waals surface area contributed by atoms with Gasteiger partial charge in [0.05, 0.1) is 18.4 Å². The summed E-state index contributed by atoms with van der Waals surface area (Å²) in [5.41, 5.74) is 2.19. The van der Waals surface area contributed by atoms with E-state index in [1.54, 1.807) is 12.1 Å². The van der Waals surface area contributed by atoms with Gasteiger partial charge in [-0.1, -0.05) is 25.1 Å². The molecule has 1 fully saturated rings. The van der Waals surface area contributed by atoms with E-state index in [1.165, 1.54) is 19.2 Å². The number of alkyl halides is 2. The molecule has 0 spiro atoms. The molecule has 4 rings (SSSR count). The molecule has 3 aliphatic heterocycles. The molecule has 198 valence electrons. The van der Waals surface area contributed by atoms with Crippen molar-refractivity contribution in [2.75, 3.05) is 13.2 Å². The van der Waals surface area contributed by atoms with Gasteiger partial charge in [0.2, 0.25) is 0 Å². The molecule has 1 saturated heterocycles. The topological polar surface area (TPSA) is 89.3 Å². The number of nitrogens with one attached hydrogen (secondary N) is 1. The monoisotopic (exact) mass is 517 g/mol. The lowest BCUT2D eigenvalue weighted by molar-refractivity contribution is -0.155. The van der Waals surface area contributed by atoms with Crippen LogP contribution in [0.1, 0.15) is 51.5 Å². The van der Waals surface area contributed by atoms with E-state index in [9.17, 15) is 22.8 Å². The predicted molar refractivity (Wildman–Crippen MR) is 134 cm³/mol. The molecular formula is C27H30F3N3O4. The quantitative estimate of drug-likeness (QED) is 0.542. The second kappa shape index (κ2) is 11.9. The average molecular weight is 518 g/mol. The number of nitrogens with zero attached hydrogens (tertiary/aromatic N) is 2. The highest BCUT2D eigenvalue weighted by atomic mass is 19.3. The third-order valence-corrected chi connectivity index (χ3v) is 6.57. The van der Waals surface area contributed by atoms with Crippen molar-refractivity contribution < 1.29 is 32.2 Å². The van der Waals surface area contributed by atoms with Gasteiger partial charge in [0.15, 0.2) is 0 Å². The maximum Gasteiger partial charge on any atom is 0.303 e. The first-order valence-corrected chi connectivity index (χ1v) is 12.3. The van der Waals surface area contributed by atoms with E-state index >= 15 is 0 Å². The van der Waals surface area contributed by atoms with E-state index in [0.29, 0.717) is 31.4 Å². The SMILES string of the molecule is CC(=O)OC1COCCC1NC(=O)C1=Nc2c(F)cccc2C(CC2=CN=C(C(F)F)CC(C)C2)=CC1. The first-order chi connectivity index (χ1) is 17.7. The van der Waals surface area contributed by atoms with Crippen LogP contribution in [0, 0.1) is 11.7 Å². The van der Waals surface area contributed by atoms with Crippen LogP contribution in [0.3, 0.4) is 0 Å². The Morgan fingerprint density at radius 2 is 2.08 bits per heavy atom. The first-order valence-electron chi connectivity index (χ1n) is 12.3. The largest absolute Gasteiger partial charge is 0.458 e. The number of hydrogen-bond donors (Lipinski definition) is 1. The lowest BCUT2D eigenvalue weighted by Gasteiger charge is -2.31. The molecule has 1 amide bonds. The first kappa shape index (κ1) is 26.8. The Labute approximate surface area is 213 Å². The van der Waals surface area contributed by atoms with Crippen molar-refractivity contribution >= 4 is 34.6 Å². The number of aliphatic imine (C=N–C) groups is 2. The summed E-state index contributed by atoms with van der Waals surface area (Å²) in [6.45, 7) is 3.76. The zero-order valence-corrected chi connectivity index (χ0v) is 20.8. The minimum absolute atomic E-state index is 0.0120. The van der Waals surface area contributed by atoms with E-state index in [1.807, 2.05) is 13.0 Å². The number of carbonyl (C=O) groups excluding carboxylic acids is 2. The molecule has 1 aromatic rings. The van der Waals surface area contributed by atoms with Crippen molar-refractivity contribution in [3.8, 4) is 0 Å². The summed E-state index contributed by atoms with van der Waals surface area (Å²) in [6, 6.07) is 4.13. The minimum Gasteiger partial charge on any atom is -0.458 e. The van der Waals surface area contributed by atoms with Crippen molar-refractivity contribution in [2.24, 2.45) is 15.9 Å². The van der Waals surface area contributed by atoms with E-state index in [4.69, 9.17) is 9.47 Å². The Hall–Kier alpha value is -3.27. The maximum atomic E-state index is 14.9. The average Bonchev–Trinajstić information content (AvgIpc) is 3.15. The summed E-state index contributed by atoms with van der Waals surface area (Å²) < 4.78 is 52.0. The molecule has 3 heterocycles. The molecule has 1 aromatic carbocycles. The number of benzene rings is 1. The maximum absolute atomic E-state index is 14.9. The highest BCUT2D eigenvalue weighted by Crippen LogP contribution is 2.37. The molecule has 0 radical (unpaired) electrons. The van der Waals surface area contributed by atoms with Gasteiger partial charge in [0.25, 0.3) is 12.3 Å². The van der Waals surface area contributed by atoms with Crippen LogP contribution in [-0.2, 0) is 19.1 Å². The highest BCUT2D eigenvalue weighted by molar-refractivity contribution is 6.40. The molecule has 3 atom stereocenters. The van der Waals surface area contributed by atoms with Crippen molar-refractivity contribution in [1.29, 1.82) is 0 Å². The van der Waals surface area contributed by atoms with Gasteiger partial charge in [-0.2, -0.15) is 0 Å². The van der Waals surface area contributed by atoms with Crippen LogP contribution in [0.4, 0.5) is 18.9 Å². The van der Waals surface area contributed by atoms with Crippen LogP contribution >= 0.6 is 0 Å². The highest BCUT2D eigenvalue weighted by Gasteiger charge is 2.31. The van der Waals surface area contributed by atoms with Gasteiger partial charge in [-0.3, -0.25) is 14.6 Å². The zero-order valence-electron chi connectivity index (χ0n) is 20.8. The number of amides is 1. The number of esters is 1. The molecule has 0 aliphatic carbocycles. The lowest BCUT2D eigenvalue weighted by Crippen LogP contribution is -2.52. The van der Waals surface area contributed by atoms with E-state index in [-0.39, 0.29) is 42.5 Å². The number of hydrogen-bond acceptors (Lipinski definition) is 6.